The molecule has 2 N–H and O–H groups in total. The van der Waals surface area contributed by atoms with Gasteiger partial charge in [-0.1, -0.05) is 0 Å². The summed E-state index contributed by atoms with van der Waals surface area (Å²) in [4.78, 5) is 8.09. The van der Waals surface area contributed by atoms with Crippen LogP contribution in [0.3, 0.4) is 0 Å². The van der Waals surface area contributed by atoms with E-state index in [0.29, 0.717) is 16.7 Å². The van der Waals surface area contributed by atoms with Crippen molar-refractivity contribution in [2.75, 3.05) is 12.0 Å². The minimum Gasteiger partial charge on any atom is -0.383 e. The molecule has 2 aromatic rings. The number of aryl methyl sites for hydroxylation is 1. The topological polar surface area (TPSA) is 86.7 Å². The predicted octanol–water partition coefficient (Wildman–Crippen LogP) is 0.197. The van der Waals surface area contributed by atoms with Crippen LogP contribution in [-0.2, 0) is 17.8 Å². The van der Waals surface area contributed by atoms with E-state index in [9.17, 15) is 4.21 Å². The maximum Gasteiger partial charge on any atom is 0.218 e. The SMILES string of the molecule is Cn1ncc(-c2ccnc(S(C)=O)n2)c1N. The Morgan fingerprint density at radius 2 is 2.25 bits per heavy atom. The second-order valence-corrected chi connectivity index (χ2v) is 4.52. The first-order valence-corrected chi connectivity index (χ1v) is 6.09. The number of rotatable bonds is 2. The van der Waals surface area contributed by atoms with Gasteiger partial charge in [0, 0.05) is 19.5 Å². The van der Waals surface area contributed by atoms with Gasteiger partial charge in [0.15, 0.2) is 0 Å². The monoisotopic (exact) mass is 237 g/mol. The Kier molecular flexibility index (Phi) is 2.69. The highest BCUT2D eigenvalue weighted by Gasteiger charge is 2.10. The van der Waals surface area contributed by atoms with E-state index in [1.807, 2.05) is 0 Å². The zero-order valence-electron chi connectivity index (χ0n) is 8.91. The van der Waals surface area contributed by atoms with Crippen LogP contribution in [-0.4, -0.2) is 30.2 Å². The lowest BCUT2D eigenvalue weighted by molar-refractivity contribution is 0.680. The molecule has 2 heterocycles. The summed E-state index contributed by atoms with van der Waals surface area (Å²) in [5.74, 6) is 0.520. The van der Waals surface area contributed by atoms with E-state index in [1.165, 1.54) is 6.26 Å². The van der Waals surface area contributed by atoms with E-state index >= 15 is 0 Å². The highest BCUT2D eigenvalue weighted by atomic mass is 32.2. The van der Waals surface area contributed by atoms with Crippen LogP contribution in [0.1, 0.15) is 0 Å². The van der Waals surface area contributed by atoms with Gasteiger partial charge in [0.1, 0.15) is 5.82 Å². The fourth-order valence-corrected chi connectivity index (χ4v) is 1.71. The molecule has 0 fully saturated rings. The molecular formula is C9H11N5OS. The number of hydrogen-bond acceptors (Lipinski definition) is 5. The lowest BCUT2D eigenvalue weighted by atomic mass is 10.2. The third-order valence-corrected chi connectivity index (χ3v) is 2.86. The molecule has 16 heavy (non-hydrogen) atoms. The van der Waals surface area contributed by atoms with E-state index in [0.717, 1.165) is 5.56 Å². The number of nitrogens with zero attached hydrogens (tertiary/aromatic N) is 4. The van der Waals surface area contributed by atoms with Crippen LogP contribution in [0.4, 0.5) is 5.82 Å². The maximum absolute atomic E-state index is 11.3. The Hall–Kier alpha value is -1.76. The molecule has 1 unspecified atom stereocenters. The van der Waals surface area contributed by atoms with Gasteiger partial charge in [-0.05, 0) is 6.07 Å². The van der Waals surface area contributed by atoms with Gasteiger partial charge in [-0.15, -0.1) is 0 Å². The molecule has 7 heteroatoms. The normalized spacial score (nSPS) is 12.6. The van der Waals surface area contributed by atoms with Crippen LogP contribution in [0.25, 0.3) is 11.3 Å². The molecule has 0 aliphatic rings. The Balaban J connectivity index is 2.52. The lowest BCUT2D eigenvalue weighted by Gasteiger charge is -2.01. The Morgan fingerprint density at radius 3 is 2.81 bits per heavy atom. The summed E-state index contributed by atoms with van der Waals surface area (Å²) in [5, 5.41) is 4.31. The molecular weight excluding hydrogens is 226 g/mol. The van der Waals surface area contributed by atoms with Gasteiger partial charge in [-0.2, -0.15) is 5.10 Å². The Morgan fingerprint density at radius 1 is 1.50 bits per heavy atom. The molecule has 0 amide bonds. The summed E-state index contributed by atoms with van der Waals surface area (Å²) in [6.45, 7) is 0. The van der Waals surface area contributed by atoms with E-state index in [4.69, 9.17) is 5.73 Å². The van der Waals surface area contributed by atoms with Crippen molar-refractivity contribution in [2.24, 2.45) is 7.05 Å². The van der Waals surface area contributed by atoms with Gasteiger partial charge >= 0.3 is 0 Å². The summed E-state index contributed by atoms with van der Waals surface area (Å²) >= 11 is 0. The van der Waals surface area contributed by atoms with E-state index in [2.05, 4.69) is 15.1 Å². The van der Waals surface area contributed by atoms with Crippen molar-refractivity contribution >= 4 is 16.6 Å². The lowest BCUT2D eigenvalue weighted by Crippen LogP contribution is -2.00. The third-order valence-electron chi connectivity index (χ3n) is 2.15. The van der Waals surface area contributed by atoms with Crippen LogP contribution >= 0.6 is 0 Å². The van der Waals surface area contributed by atoms with Gasteiger partial charge in [0.25, 0.3) is 0 Å². The Labute approximate surface area is 95.0 Å². The third kappa shape index (κ3) is 1.81. The first-order valence-electron chi connectivity index (χ1n) is 4.54. The summed E-state index contributed by atoms with van der Waals surface area (Å²) in [5.41, 5.74) is 7.17. The average molecular weight is 237 g/mol. The van der Waals surface area contributed by atoms with E-state index < -0.39 is 10.8 Å². The maximum atomic E-state index is 11.3. The fraction of sp³-hybridized carbons (Fsp3) is 0.222. The molecule has 84 valence electrons. The fourth-order valence-electron chi connectivity index (χ4n) is 1.27. The highest BCUT2D eigenvalue weighted by molar-refractivity contribution is 7.84. The molecule has 2 rings (SSSR count). The molecule has 0 saturated carbocycles. The summed E-state index contributed by atoms with van der Waals surface area (Å²) in [6, 6.07) is 1.71. The van der Waals surface area contributed by atoms with Crippen molar-refractivity contribution in [2.45, 2.75) is 5.16 Å². The summed E-state index contributed by atoms with van der Waals surface area (Å²) in [7, 11) is 0.546. The molecule has 1 atom stereocenters. The van der Waals surface area contributed by atoms with Crippen LogP contribution in [0.5, 0.6) is 0 Å². The molecule has 2 aromatic heterocycles. The standard InChI is InChI=1S/C9H11N5OS/c1-14-8(10)6(5-12-14)7-3-4-11-9(13-7)16(2)15/h3-5H,10H2,1-2H3. The number of nitrogens with two attached hydrogens (primary N) is 1. The van der Waals surface area contributed by atoms with Crippen LogP contribution in [0.2, 0.25) is 0 Å². The summed E-state index contributed by atoms with van der Waals surface area (Å²) < 4.78 is 12.8. The van der Waals surface area contributed by atoms with Gasteiger partial charge in [-0.3, -0.25) is 8.89 Å². The van der Waals surface area contributed by atoms with Gasteiger partial charge in [0.05, 0.1) is 28.3 Å². The van der Waals surface area contributed by atoms with Crippen molar-refractivity contribution in [3.8, 4) is 11.3 Å². The van der Waals surface area contributed by atoms with Gasteiger partial charge < -0.3 is 5.73 Å². The van der Waals surface area contributed by atoms with Crippen LogP contribution in [0, 0.1) is 0 Å². The number of hydrogen-bond donors (Lipinski definition) is 1. The minimum atomic E-state index is -1.20. The van der Waals surface area contributed by atoms with Crippen molar-refractivity contribution in [1.82, 2.24) is 19.7 Å². The first kappa shape index (κ1) is 10.7. The molecule has 0 aromatic carbocycles. The van der Waals surface area contributed by atoms with E-state index in [1.54, 1.807) is 30.2 Å². The largest absolute Gasteiger partial charge is 0.383 e. The quantitative estimate of drug-likeness (QED) is 0.754. The average Bonchev–Trinajstić information content (AvgIpc) is 2.60. The molecule has 0 radical (unpaired) electrons. The second kappa shape index (κ2) is 4.01. The van der Waals surface area contributed by atoms with Gasteiger partial charge in [0.2, 0.25) is 5.16 Å². The predicted molar refractivity (Wildman–Crippen MR) is 61.0 cm³/mol. The molecule has 0 spiro atoms. The van der Waals surface area contributed by atoms with Crippen molar-refractivity contribution in [1.29, 1.82) is 0 Å². The summed E-state index contributed by atoms with van der Waals surface area (Å²) in [6.07, 6.45) is 4.72. The molecule has 0 bridgehead atoms. The minimum absolute atomic E-state index is 0.292. The van der Waals surface area contributed by atoms with E-state index in [-0.39, 0.29) is 0 Å². The second-order valence-electron chi connectivity index (χ2n) is 3.25. The molecule has 0 aliphatic heterocycles. The zero-order chi connectivity index (χ0) is 11.7. The zero-order valence-corrected chi connectivity index (χ0v) is 9.73. The van der Waals surface area contributed by atoms with Crippen molar-refractivity contribution < 1.29 is 4.21 Å². The molecule has 0 aliphatic carbocycles. The van der Waals surface area contributed by atoms with Crippen LogP contribution in [0.15, 0.2) is 23.6 Å². The molecule has 6 nitrogen and oxygen atoms in total. The van der Waals surface area contributed by atoms with Gasteiger partial charge in [-0.25, -0.2) is 9.97 Å². The Bertz CT molecular complexity index is 551. The number of anilines is 1. The first-order chi connectivity index (χ1) is 7.59. The van der Waals surface area contributed by atoms with Crippen molar-refractivity contribution in [3.63, 3.8) is 0 Å². The number of nitrogen functional groups attached to an aromatic ring is 1. The van der Waals surface area contributed by atoms with Crippen molar-refractivity contribution in [3.05, 3.63) is 18.5 Å². The smallest absolute Gasteiger partial charge is 0.218 e. The number of aromatic nitrogens is 4. The highest BCUT2D eigenvalue weighted by Crippen LogP contribution is 2.22. The van der Waals surface area contributed by atoms with Crippen LogP contribution < -0.4 is 5.73 Å². The molecule has 0 saturated heterocycles.